The molecule has 32 heavy (non-hydrogen) atoms. The third kappa shape index (κ3) is 6.61. The number of hydrogen-bond acceptors (Lipinski definition) is 7. The lowest BCUT2D eigenvalue weighted by Crippen LogP contribution is -2.41. The predicted octanol–water partition coefficient (Wildman–Crippen LogP) is 4.30. The summed E-state index contributed by atoms with van der Waals surface area (Å²) in [7, 11) is -0.425. The first-order valence-corrected chi connectivity index (χ1v) is 12.6. The first-order chi connectivity index (χ1) is 14.9. The number of thioether (sulfide) groups is 1. The van der Waals surface area contributed by atoms with Crippen LogP contribution in [-0.4, -0.2) is 63.7 Å². The van der Waals surface area contributed by atoms with Crippen molar-refractivity contribution in [3.8, 4) is 0 Å². The molecule has 1 amide bonds. The van der Waals surface area contributed by atoms with Gasteiger partial charge in [-0.25, -0.2) is 14.8 Å². The zero-order valence-electron chi connectivity index (χ0n) is 20.6. The van der Waals surface area contributed by atoms with Crippen molar-refractivity contribution >= 4 is 30.4 Å². The minimum absolute atomic E-state index is 0.187. The van der Waals surface area contributed by atoms with E-state index in [1.165, 1.54) is 6.42 Å². The Bertz CT molecular complexity index is 758. The molecule has 0 aromatic carbocycles. The molecule has 0 saturated carbocycles. The van der Waals surface area contributed by atoms with Gasteiger partial charge < -0.3 is 18.9 Å². The number of ether oxygens (including phenoxy) is 1. The molecule has 1 aromatic rings. The maximum absolute atomic E-state index is 12.2. The molecule has 9 heteroatoms. The molecule has 2 saturated heterocycles. The van der Waals surface area contributed by atoms with Crippen LogP contribution in [0, 0.1) is 5.92 Å². The van der Waals surface area contributed by atoms with Crippen LogP contribution in [0.5, 0.6) is 0 Å². The molecule has 3 heterocycles. The average Bonchev–Trinajstić information content (AvgIpc) is 2.92. The Hall–Kier alpha value is -1.32. The van der Waals surface area contributed by atoms with Crippen molar-refractivity contribution in [2.45, 2.75) is 96.1 Å². The second kappa shape index (κ2) is 9.89. The predicted molar refractivity (Wildman–Crippen MR) is 128 cm³/mol. The zero-order valence-corrected chi connectivity index (χ0v) is 21.5. The van der Waals surface area contributed by atoms with E-state index in [-0.39, 0.29) is 17.3 Å². The van der Waals surface area contributed by atoms with Crippen LogP contribution in [0.4, 0.5) is 4.79 Å². The lowest BCUT2D eigenvalue weighted by molar-refractivity contribution is 0.00578. The van der Waals surface area contributed by atoms with Gasteiger partial charge in [-0.15, -0.1) is 0 Å². The number of nitrogens with zero attached hydrogens (tertiary/aromatic N) is 3. The van der Waals surface area contributed by atoms with Crippen molar-refractivity contribution in [2.75, 3.05) is 18.8 Å². The largest absolute Gasteiger partial charge is 0.498 e. The third-order valence-corrected chi connectivity index (χ3v) is 7.39. The van der Waals surface area contributed by atoms with Crippen LogP contribution in [-0.2, 0) is 14.0 Å². The summed E-state index contributed by atoms with van der Waals surface area (Å²) in [6.45, 7) is 15.5. The van der Waals surface area contributed by atoms with E-state index in [1.54, 1.807) is 11.8 Å². The van der Waals surface area contributed by atoms with Crippen molar-refractivity contribution in [1.29, 1.82) is 0 Å². The number of carbonyl (C=O) groups is 1. The molecule has 2 aliphatic heterocycles. The van der Waals surface area contributed by atoms with E-state index in [9.17, 15) is 4.79 Å². The van der Waals surface area contributed by atoms with Gasteiger partial charge in [-0.05, 0) is 80.1 Å². The Morgan fingerprint density at radius 3 is 2.25 bits per heavy atom. The summed E-state index contributed by atoms with van der Waals surface area (Å²) in [5, 5.41) is 0.782. The highest BCUT2D eigenvalue weighted by Gasteiger charge is 2.51. The average molecular weight is 463 g/mol. The highest BCUT2D eigenvalue weighted by molar-refractivity contribution is 7.99. The van der Waals surface area contributed by atoms with Crippen LogP contribution in [0.1, 0.15) is 74.1 Å². The van der Waals surface area contributed by atoms with Crippen molar-refractivity contribution in [3.05, 3.63) is 12.4 Å². The van der Waals surface area contributed by atoms with E-state index in [0.717, 1.165) is 48.7 Å². The molecule has 0 bridgehead atoms. The topological polar surface area (TPSA) is 73.8 Å². The van der Waals surface area contributed by atoms with Gasteiger partial charge in [0.15, 0.2) is 5.16 Å². The van der Waals surface area contributed by atoms with Gasteiger partial charge in [0.2, 0.25) is 0 Å². The normalized spacial score (nSPS) is 21.1. The van der Waals surface area contributed by atoms with E-state index >= 15 is 0 Å². The summed E-state index contributed by atoms with van der Waals surface area (Å²) in [5.41, 5.74) is -0.317. The maximum Gasteiger partial charge on any atom is 0.498 e. The molecular formula is C23H38BN3O4S. The minimum atomic E-state index is -0.435. The molecule has 2 aliphatic rings. The molecular weight excluding hydrogens is 425 g/mol. The van der Waals surface area contributed by atoms with Gasteiger partial charge in [-0.2, -0.15) is 0 Å². The van der Waals surface area contributed by atoms with E-state index in [2.05, 4.69) is 9.97 Å². The molecule has 2 fully saturated rings. The number of hydrogen-bond donors (Lipinski definition) is 0. The van der Waals surface area contributed by atoms with Gasteiger partial charge in [0.1, 0.15) is 5.60 Å². The molecule has 0 atom stereocenters. The fraction of sp³-hybridized carbons (Fsp3) is 0.783. The molecule has 178 valence electrons. The molecule has 1 aromatic heterocycles. The molecule has 0 spiro atoms. The van der Waals surface area contributed by atoms with Gasteiger partial charge in [0, 0.05) is 36.7 Å². The SMILES string of the molecule is CC(C)(C)OC(=O)N1CCC(CCCSc2ncc(B3OC(C)(C)C(C)(C)O3)cn2)CC1. The number of aromatic nitrogens is 2. The Balaban J connectivity index is 1.35. The van der Waals surface area contributed by atoms with Gasteiger partial charge in [-0.3, -0.25) is 0 Å². The van der Waals surface area contributed by atoms with Crippen LogP contribution >= 0.6 is 11.8 Å². The summed E-state index contributed by atoms with van der Waals surface area (Å²) < 4.78 is 17.6. The van der Waals surface area contributed by atoms with Crippen LogP contribution in [0.25, 0.3) is 0 Å². The highest BCUT2D eigenvalue weighted by atomic mass is 32.2. The molecule has 3 rings (SSSR count). The molecule has 7 nitrogen and oxygen atoms in total. The van der Waals surface area contributed by atoms with Gasteiger partial charge >= 0.3 is 13.2 Å². The second-order valence-corrected chi connectivity index (χ2v) is 11.9. The number of carbonyl (C=O) groups excluding carboxylic acids is 1. The molecule has 0 N–H and O–H groups in total. The monoisotopic (exact) mass is 463 g/mol. The smallest absolute Gasteiger partial charge is 0.444 e. The Morgan fingerprint density at radius 2 is 1.72 bits per heavy atom. The van der Waals surface area contributed by atoms with Crippen LogP contribution in [0.2, 0.25) is 0 Å². The number of rotatable bonds is 6. The Labute approximate surface area is 197 Å². The lowest BCUT2D eigenvalue weighted by Gasteiger charge is -2.33. The van der Waals surface area contributed by atoms with E-state index in [0.29, 0.717) is 5.92 Å². The summed E-state index contributed by atoms with van der Waals surface area (Å²) in [6, 6.07) is 0. The number of amides is 1. The van der Waals surface area contributed by atoms with Crippen molar-refractivity contribution < 1.29 is 18.8 Å². The van der Waals surface area contributed by atoms with E-state index in [1.807, 2.05) is 65.8 Å². The highest BCUT2D eigenvalue weighted by Crippen LogP contribution is 2.36. The lowest BCUT2D eigenvalue weighted by atomic mass is 9.81. The first-order valence-electron chi connectivity index (χ1n) is 11.6. The van der Waals surface area contributed by atoms with Crippen LogP contribution < -0.4 is 5.46 Å². The number of piperidine rings is 1. The quantitative estimate of drug-likeness (QED) is 0.270. The molecule has 0 radical (unpaired) electrons. The molecule has 0 aliphatic carbocycles. The standard InChI is InChI=1S/C23H38BN3O4S/c1-21(2,3)29-20(28)27-12-10-17(11-13-27)9-8-14-32-19-25-15-18(16-26-19)24-30-22(4,5)23(6,7)31-24/h15-17H,8-14H2,1-7H3. The van der Waals surface area contributed by atoms with E-state index in [4.69, 9.17) is 14.0 Å². The van der Waals surface area contributed by atoms with Gasteiger partial charge in [-0.1, -0.05) is 11.8 Å². The fourth-order valence-electron chi connectivity index (χ4n) is 3.77. The van der Waals surface area contributed by atoms with Crippen LogP contribution in [0.15, 0.2) is 17.6 Å². The number of likely N-dealkylation sites (tertiary alicyclic amines) is 1. The summed E-state index contributed by atoms with van der Waals surface area (Å²) in [6.07, 6.45) is 7.80. The van der Waals surface area contributed by atoms with Crippen LogP contribution in [0.3, 0.4) is 0 Å². The Kier molecular flexibility index (Phi) is 7.83. The zero-order chi connectivity index (χ0) is 23.6. The second-order valence-electron chi connectivity index (χ2n) is 10.8. The molecule has 0 unspecified atom stereocenters. The van der Waals surface area contributed by atoms with Crippen molar-refractivity contribution in [2.24, 2.45) is 5.92 Å². The summed E-state index contributed by atoms with van der Waals surface area (Å²) >= 11 is 1.68. The Morgan fingerprint density at radius 1 is 1.16 bits per heavy atom. The van der Waals surface area contributed by atoms with E-state index < -0.39 is 12.7 Å². The van der Waals surface area contributed by atoms with Crippen molar-refractivity contribution in [1.82, 2.24) is 14.9 Å². The maximum atomic E-state index is 12.2. The first kappa shape index (κ1) is 25.3. The summed E-state index contributed by atoms with van der Waals surface area (Å²) in [5.74, 6) is 1.66. The minimum Gasteiger partial charge on any atom is -0.444 e. The third-order valence-electron chi connectivity index (χ3n) is 6.43. The van der Waals surface area contributed by atoms with Gasteiger partial charge in [0.25, 0.3) is 0 Å². The van der Waals surface area contributed by atoms with Crippen molar-refractivity contribution in [3.63, 3.8) is 0 Å². The fourth-order valence-corrected chi connectivity index (χ4v) is 4.52. The van der Waals surface area contributed by atoms with Gasteiger partial charge in [0.05, 0.1) is 11.2 Å². The summed E-state index contributed by atoms with van der Waals surface area (Å²) in [4.78, 5) is 23.0.